The molecule has 2 aromatic carbocycles. The third kappa shape index (κ3) is 2.78. The van der Waals surface area contributed by atoms with E-state index in [0.29, 0.717) is 18.1 Å². The summed E-state index contributed by atoms with van der Waals surface area (Å²) in [5, 5.41) is 3.47. The van der Waals surface area contributed by atoms with Crippen LogP contribution in [0.5, 0.6) is 5.75 Å². The van der Waals surface area contributed by atoms with Crippen LogP contribution in [0.4, 0.5) is 5.69 Å². The van der Waals surface area contributed by atoms with Crippen LogP contribution >= 0.6 is 11.6 Å². The number of halogens is 1. The Hall–Kier alpha value is -2.00. The topological polar surface area (TPSA) is 38.3 Å². The molecule has 1 heterocycles. The molecule has 20 heavy (non-hydrogen) atoms. The molecule has 0 aliphatic carbocycles. The lowest BCUT2D eigenvalue weighted by molar-refractivity contribution is -0.116. The maximum Gasteiger partial charge on any atom is 0.225 e. The average molecular weight is 288 g/mol. The maximum atomic E-state index is 12.1. The number of ether oxygens (including phenoxy) is 1. The van der Waals surface area contributed by atoms with Crippen LogP contribution in [-0.2, 0) is 4.79 Å². The quantitative estimate of drug-likeness (QED) is 0.931. The van der Waals surface area contributed by atoms with Gasteiger partial charge in [0.05, 0.1) is 6.61 Å². The van der Waals surface area contributed by atoms with E-state index in [4.69, 9.17) is 16.3 Å². The van der Waals surface area contributed by atoms with Crippen LogP contribution in [0, 0.1) is 0 Å². The fourth-order valence-corrected chi connectivity index (χ4v) is 2.59. The predicted octanol–water partition coefficient (Wildman–Crippen LogP) is 3.84. The van der Waals surface area contributed by atoms with Gasteiger partial charge in [-0.25, -0.2) is 0 Å². The minimum Gasteiger partial charge on any atom is -0.493 e. The van der Waals surface area contributed by atoms with Gasteiger partial charge >= 0.3 is 0 Å². The molecule has 0 aromatic heterocycles. The van der Waals surface area contributed by atoms with E-state index in [1.807, 2.05) is 36.4 Å². The molecule has 3 rings (SSSR count). The molecule has 1 amide bonds. The van der Waals surface area contributed by atoms with Crippen LogP contribution in [0.15, 0.2) is 48.5 Å². The van der Waals surface area contributed by atoms with E-state index in [9.17, 15) is 4.79 Å². The number of rotatable bonds is 3. The number of amides is 1. The summed E-state index contributed by atoms with van der Waals surface area (Å²) in [6.07, 6.45) is 0.406. The van der Waals surface area contributed by atoms with Gasteiger partial charge in [0.15, 0.2) is 0 Å². The zero-order valence-corrected chi connectivity index (χ0v) is 11.6. The monoisotopic (exact) mass is 287 g/mol. The standard InChI is InChI=1S/C16H14ClNO2/c17-12-4-3-5-13(9-12)18-16(19)8-11-10-20-15-7-2-1-6-14(11)15/h1-7,9,11H,8,10H2,(H,18,19). The first-order chi connectivity index (χ1) is 9.72. The first-order valence-electron chi connectivity index (χ1n) is 6.49. The number of hydrogen-bond donors (Lipinski definition) is 1. The minimum absolute atomic E-state index is 0.0300. The average Bonchev–Trinajstić information content (AvgIpc) is 2.82. The van der Waals surface area contributed by atoms with Crippen molar-refractivity contribution < 1.29 is 9.53 Å². The summed E-state index contributed by atoms with van der Waals surface area (Å²) < 4.78 is 5.58. The highest BCUT2D eigenvalue weighted by Crippen LogP contribution is 2.35. The number of hydrogen-bond acceptors (Lipinski definition) is 2. The van der Waals surface area contributed by atoms with Gasteiger partial charge in [-0.3, -0.25) is 4.79 Å². The normalized spacial score (nSPS) is 16.4. The number of benzene rings is 2. The van der Waals surface area contributed by atoms with Gasteiger partial charge in [0.2, 0.25) is 5.91 Å². The van der Waals surface area contributed by atoms with Gasteiger partial charge < -0.3 is 10.1 Å². The van der Waals surface area contributed by atoms with Crippen molar-refractivity contribution in [1.82, 2.24) is 0 Å². The molecule has 0 radical (unpaired) electrons. The van der Waals surface area contributed by atoms with Crippen molar-refractivity contribution in [3.8, 4) is 5.75 Å². The summed E-state index contributed by atoms with van der Waals surface area (Å²) in [5.41, 5.74) is 1.82. The molecule has 1 aliphatic rings. The minimum atomic E-state index is -0.0300. The molecule has 0 bridgehead atoms. The molecule has 2 aromatic rings. The Kier molecular flexibility index (Phi) is 3.61. The largest absolute Gasteiger partial charge is 0.493 e. The van der Waals surface area contributed by atoms with Gasteiger partial charge in [-0.1, -0.05) is 35.9 Å². The van der Waals surface area contributed by atoms with Crippen LogP contribution in [0.25, 0.3) is 0 Å². The Morgan fingerprint density at radius 2 is 2.10 bits per heavy atom. The predicted molar refractivity (Wildman–Crippen MR) is 79.4 cm³/mol. The molecule has 4 heteroatoms. The number of carbonyl (C=O) groups is 1. The SMILES string of the molecule is O=C(CC1COc2ccccc21)Nc1cccc(Cl)c1. The molecule has 0 saturated carbocycles. The Balaban J connectivity index is 1.66. The highest BCUT2D eigenvalue weighted by atomic mass is 35.5. The first kappa shape index (κ1) is 13.0. The number of nitrogens with one attached hydrogen (secondary N) is 1. The second-order valence-corrected chi connectivity index (χ2v) is 5.24. The van der Waals surface area contributed by atoms with Gasteiger partial charge in [0, 0.05) is 28.6 Å². The van der Waals surface area contributed by atoms with E-state index in [-0.39, 0.29) is 11.8 Å². The van der Waals surface area contributed by atoms with E-state index in [2.05, 4.69) is 5.32 Å². The number of fused-ring (bicyclic) bond motifs is 1. The second-order valence-electron chi connectivity index (χ2n) is 4.81. The fourth-order valence-electron chi connectivity index (χ4n) is 2.40. The van der Waals surface area contributed by atoms with Gasteiger partial charge in [-0.15, -0.1) is 0 Å². The molecule has 1 N–H and O–H groups in total. The van der Waals surface area contributed by atoms with Crippen molar-refractivity contribution in [2.75, 3.05) is 11.9 Å². The van der Waals surface area contributed by atoms with Gasteiger partial charge in [0.25, 0.3) is 0 Å². The van der Waals surface area contributed by atoms with Crippen molar-refractivity contribution >= 4 is 23.2 Å². The summed E-state index contributed by atoms with van der Waals surface area (Å²) in [4.78, 5) is 12.1. The third-order valence-corrected chi connectivity index (χ3v) is 3.57. The second kappa shape index (κ2) is 5.55. The Morgan fingerprint density at radius 1 is 1.25 bits per heavy atom. The van der Waals surface area contributed by atoms with Crippen LogP contribution < -0.4 is 10.1 Å². The molecule has 3 nitrogen and oxygen atoms in total. The van der Waals surface area contributed by atoms with Crippen LogP contribution in [-0.4, -0.2) is 12.5 Å². The van der Waals surface area contributed by atoms with Crippen molar-refractivity contribution in [3.05, 3.63) is 59.1 Å². The number of carbonyl (C=O) groups excluding carboxylic acids is 1. The molecular formula is C16H14ClNO2. The highest BCUT2D eigenvalue weighted by Gasteiger charge is 2.25. The molecule has 1 aliphatic heterocycles. The van der Waals surface area contributed by atoms with Crippen LogP contribution in [0.1, 0.15) is 17.9 Å². The molecule has 0 spiro atoms. The Bertz CT molecular complexity index is 642. The molecule has 1 unspecified atom stereocenters. The van der Waals surface area contributed by atoms with Gasteiger partial charge in [-0.05, 0) is 24.3 Å². The van der Waals surface area contributed by atoms with Crippen molar-refractivity contribution in [1.29, 1.82) is 0 Å². The van der Waals surface area contributed by atoms with Gasteiger partial charge in [-0.2, -0.15) is 0 Å². The zero-order chi connectivity index (χ0) is 13.9. The summed E-state index contributed by atoms with van der Waals surface area (Å²) in [5.74, 6) is 0.969. The summed E-state index contributed by atoms with van der Waals surface area (Å²) in [6, 6.07) is 15.0. The lowest BCUT2D eigenvalue weighted by atomic mass is 9.97. The lowest BCUT2D eigenvalue weighted by Gasteiger charge is -2.09. The third-order valence-electron chi connectivity index (χ3n) is 3.34. The smallest absolute Gasteiger partial charge is 0.225 e. The van der Waals surface area contributed by atoms with Gasteiger partial charge in [0.1, 0.15) is 5.75 Å². The van der Waals surface area contributed by atoms with E-state index in [0.717, 1.165) is 17.0 Å². The van der Waals surface area contributed by atoms with Crippen molar-refractivity contribution in [2.45, 2.75) is 12.3 Å². The molecule has 0 fully saturated rings. The summed E-state index contributed by atoms with van der Waals surface area (Å²) in [6.45, 7) is 0.558. The van der Waals surface area contributed by atoms with E-state index in [1.54, 1.807) is 12.1 Å². The number of para-hydroxylation sites is 1. The maximum absolute atomic E-state index is 12.1. The van der Waals surface area contributed by atoms with Crippen LogP contribution in [0.2, 0.25) is 5.02 Å². The molecular weight excluding hydrogens is 274 g/mol. The van der Waals surface area contributed by atoms with Crippen molar-refractivity contribution in [2.24, 2.45) is 0 Å². The Morgan fingerprint density at radius 3 is 2.95 bits per heavy atom. The zero-order valence-electron chi connectivity index (χ0n) is 10.8. The number of anilines is 1. The van der Waals surface area contributed by atoms with E-state index < -0.39 is 0 Å². The fraction of sp³-hybridized carbons (Fsp3) is 0.188. The molecule has 0 saturated heterocycles. The molecule has 102 valence electrons. The Labute approximate surface area is 122 Å². The summed E-state index contributed by atoms with van der Waals surface area (Å²) >= 11 is 5.89. The van der Waals surface area contributed by atoms with E-state index >= 15 is 0 Å². The van der Waals surface area contributed by atoms with Crippen LogP contribution in [0.3, 0.4) is 0 Å². The molecule has 1 atom stereocenters. The van der Waals surface area contributed by atoms with E-state index in [1.165, 1.54) is 0 Å². The van der Waals surface area contributed by atoms with Crippen molar-refractivity contribution in [3.63, 3.8) is 0 Å². The first-order valence-corrected chi connectivity index (χ1v) is 6.87. The highest BCUT2D eigenvalue weighted by molar-refractivity contribution is 6.30. The lowest BCUT2D eigenvalue weighted by Crippen LogP contribution is -2.16. The summed E-state index contributed by atoms with van der Waals surface area (Å²) in [7, 11) is 0.